The van der Waals surface area contributed by atoms with Gasteiger partial charge in [-0.15, -0.1) is 0 Å². The van der Waals surface area contributed by atoms with Crippen LogP contribution in [-0.4, -0.2) is 23.2 Å². The standard InChI is InChI=1S/C9H19NO2/c1-4-6-8(7(3)11)10-9(12)5-2/h7-8,11H,4-6H2,1-3H3,(H,10,12). The monoisotopic (exact) mass is 173 g/mol. The lowest BCUT2D eigenvalue weighted by molar-refractivity contribution is -0.122. The molecule has 0 aromatic rings. The second-order valence-electron chi connectivity index (χ2n) is 3.06. The number of hydrogen-bond donors (Lipinski definition) is 2. The Morgan fingerprint density at radius 3 is 2.42 bits per heavy atom. The molecule has 12 heavy (non-hydrogen) atoms. The molecule has 0 saturated carbocycles. The van der Waals surface area contributed by atoms with Crippen LogP contribution in [0.5, 0.6) is 0 Å². The van der Waals surface area contributed by atoms with Crippen LogP contribution in [-0.2, 0) is 4.79 Å². The highest BCUT2D eigenvalue weighted by Gasteiger charge is 2.14. The number of amides is 1. The molecule has 0 fully saturated rings. The van der Waals surface area contributed by atoms with E-state index in [1.54, 1.807) is 13.8 Å². The van der Waals surface area contributed by atoms with E-state index >= 15 is 0 Å². The largest absolute Gasteiger partial charge is 0.391 e. The summed E-state index contributed by atoms with van der Waals surface area (Å²) in [5, 5.41) is 12.1. The van der Waals surface area contributed by atoms with E-state index in [1.807, 2.05) is 6.92 Å². The smallest absolute Gasteiger partial charge is 0.220 e. The highest BCUT2D eigenvalue weighted by molar-refractivity contribution is 5.75. The Morgan fingerprint density at radius 1 is 1.50 bits per heavy atom. The van der Waals surface area contributed by atoms with Gasteiger partial charge >= 0.3 is 0 Å². The molecule has 0 spiro atoms. The molecular formula is C9H19NO2. The first-order valence-electron chi connectivity index (χ1n) is 4.59. The van der Waals surface area contributed by atoms with Crippen molar-refractivity contribution in [3.05, 3.63) is 0 Å². The van der Waals surface area contributed by atoms with Crippen LogP contribution in [0.1, 0.15) is 40.0 Å². The molecule has 2 atom stereocenters. The van der Waals surface area contributed by atoms with Gasteiger partial charge in [-0.2, -0.15) is 0 Å². The molecule has 0 aliphatic rings. The van der Waals surface area contributed by atoms with Gasteiger partial charge in [0.25, 0.3) is 0 Å². The second kappa shape index (κ2) is 6.00. The minimum atomic E-state index is -0.458. The average Bonchev–Trinajstić information content (AvgIpc) is 2.03. The van der Waals surface area contributed by atoms with E-state index in [2.05, 4.69) is 5.32 Å². The van der Waals surface area contributed by atoms with Gasteiger partial charge in [0.05, 0.1) is 12.1 Å². The van der Waals surface area contributed by atoms with Crippen molar-refractivity contribution in [3.8, 4) is 0 Å². The zero-order chi connectivity index (χ0) is 9.56. The molecule has 0 rings (SSSR count). The van der Waals surface area contributed by atoms with Crippen LogP contribution < -0.4 is 5.32 Å². The minimum absolute atomic E-state index is 0.00866. The van der Waals surface area contributed by atoms with E-state index in [4.69, 9.17) is 0 Å². The van der Waals surface area contributed by atoms with E-state index in [0.29, 0.717) is 6.42 Å². The molecule has 0 heterocycles. The third-order valence-corrected chi connectivity index (χ3v) is 1.85. The molecule has 0 aromatic heterocycles. The molecule has 2 unspecified atom stereocenters. The van der Waals surface area contributed by atoms with Crippen molar-refractivity contribution in [2.24, 2.45) is 0 Å². The summed E-state index contributed by atoms with van der Waals surface area (Å²) in [6.45, 7) is 5.55. The molecule has 0 aliphatic carbocycles. The Morgan fingerprint density at radius 2 is 2.08 bits per heavy atom. The lowest BCUT2D eigenvalue weighted by Crippen LogP contribution is -2.41. The van der Waals surface area contributed by atoms with Gasteiger partial charge in [0, 0.05) is 6.42 Å². The van der Waals surface area contributed by atoms with E-state index in [1.165, 1.54) is 0 Å². The molecule has 0 aromatic carbocycles. The summed E-state index contributed by atoms with van der Waals surface area (Å²) in [5.41, 5.74) is 0. The summed E-state index contributed by atoms with van der Waals surface area (Å²) >= 11 is 0. The fourth-order valence-electron chi connectivity index (χ4n) is 1.05. The Kier molecular flexibility index (Phi) is 5.72. The normalized spacial score (nSPS) is 15.3. The Balaban J connectivity index is 3.86. The molecule has 72 valence electrons. The molecular weight excluding hydrogens is 154 g/mol. The van der Waals surface area contributed by atoms with Crippen LogP contribution in [0.4, 0.5) is 0 Å². The summed E-state index contributed by atoms with van der Waals surface area (Å²) in [4.78, 5) is 11.0. The number of nitrogens with one attached hydrogen (secondary N) is 1. The molecule has 3 heteroatoms. The summed E-state index contributed by atoms with van der Waals surface area (Å²) in [6, 6.07) is -0.0811. The van der Waals surface area contributed by atoms with Crippen molar-refractivity contribution >= 4 is 5.91 Å². The van der Waals surface area contributed by atoms with Crippen LogP contribution in [0.2, 0.25) is 0 Å². The van der Waals surface area contributed by atoms with Crippen LogP contribution in [0.25, 0.3) is 0 Å². The number of hydrogen-bond acceptors (Lipinski definition) is 2. The molecule has 3 nitrogen and oxygen atoms in total. The molecule has 0 bridgehead atoms. The van der Waals surface area contributed by atoms with Gasteiger partial charge in [-0.1, -0.05) is 20.3 Å². The quantitative estimate of drug-likeness (QED) is 0.653. The number of rotatable bonds is 5. The zero-order valence-corrected chi connectivity index (χ0v) is 8.13. The summed E-state index contributed by atoms with van der Waals surface area (Å²) in [6.07, 6.45) is 1.83. The van der Waals surface area contributed by atoms with Crippen molar-refractivity contribution in [1.82, 2.24) is 5.32 Å². The molecule has 1 amide bonds. The van der Waals surface area contributed by atoms with Crippen LogP contribution >= 0.6 is 0 Å². The second-order valence-corrected chi connectivity index (χ2v) is 3.06. The van der Waals surface area contributed by atoms with Gasteiger partial charge in [-0.25, -0.2) is 0 Å². The van der Waals surface area contributed by atoms with Gasteiger partial charge in [-0.3, -0.25) is 4.79 Å². The molecule has 0 radical (unpaired) electrons. The topological polar surface area (TPSA) is 49.3 Å². The summed E-state index contributed by atoms with van der Waals surface area (Å²) in [7, 11) is 0. The van der Waals surface area contributed by atoms with Crippen molar-refractivity contribution in [1.29, 1.82) is 0 Å². The Labute approximate surface area is 74.2 Å². The maximum atomic E-state index is 11.0. The highest BCUT2D eigenvalue weighted by Crippen LogP contribution is 2.02. The molecule has 0 aliphatic heterocycles. The lowest BCUT2D eigenvalue weighted by atomic mass is 10.1. The predicted octanol–water partition coefficient (Wildman–Crippen LogP) is 1.06. The summed E-state index contributed by atoms with van der Waals surface area (Å²) in [5.74, 6) is 0.00866. The highest BCUT2D eigenvalue weighted by atomic mass is 16.3. The fraction of sp³-hybridized carbons (Fsp3) is 0.889. The van der Waals surface area contributed by atoms with E-state index in [0.717, 1.165) is 12.8 Å². The third-order valence-electron chi connectivity index (χ3n) is 1.85. The van der Waals surface area contributed by atoms with Crippen LogP contribution in [0.15, 0.2) is 0 Å². The minimum Gasteiger partial charge on any atom is -0.391 e. The molecule has 0 saturated heterocycles. The number of aliphatic hydroxyl groups excluding tert-OH is 1. The van der Waals surface area contributed by atoms with Gasteiger partial charge in [0.1, 0.15) is 0 Å². The Hall–Kier alpha value is -0.570. The van der Waals surface area contributed by atoms with Crippen molar-refractivity contribution in [3.63, 3.8) is 0 Å². The van der Waals surface area contributed by atoms with Gasteiger partial charge in [0.15, 0.2) is 0 Å². The predicted molar refractivity (Wildman–Crippen MR) is 48.8 cm³/mol. The average molecular weight is 173 g/mol. The van der Waals surface area contributed by atoms with Gasteiger partial charge < -0.3 is 10.4 Å². The number of aliphatic hydroxyl groups is 1. The van der Waals surface area contributed by atoms with Gasteiger partial charge in [-0.05, 0) is 13.3 Å². The van der Waals surface area contributed by atoms with Crippen molar-refractivity contribution in [2.75, 3.05) is 0 Å². The number of carbonyl (C=O) groups excluding carboxylic acids is 1. The maximum absolute atomic E-state index is 11.0. The lowest BCUT2D eigenvalue weighted by Gasteiger charge is -2.20. The third kappa shape index (κ3) is 4.34. The zero-order valence-electron chi connectivity index (χ0n) is 8.13. The molecule has 2 N–H and O–H groups in total. The first-order chi connectivity index (χ1) is 5.61. The van der Waals surface area contributed by atoms with E-state index in [-0.39, 0.29) is 11.9 Å². The number of carbonyl (C=O) groups is 1. The van der Waals surface area contributed by atoms with Crippen molar-refractivity contribution < 1.29 is 9.90 Å². The fourth-order valence-corrected chi connectivity index (χ4v) is 1.05. The first kappa shape index (κ1) is 11.4. The van der Waals surface area contributed by atoms with Crippen molar-refractivity contribution in [2.45, 2.75) is 52.2 Å². The SMILES string of the molecule is CCCC(NC(=O)CC)C(C)O. The van der Waals surface area contributed by atoms with Gasteiger partial charge in [0.2, 0.25) is 5.91 Å². The van der Waals surface area contributed by atoms with E-state index < -0.39 is 6.10 Å². The summed E-state index contributed by atoms with van der Waals surface area (Å²) < 4.78 is 0. The van der Waals surface area contributed by atoms with E-state index in [9.17, 15) is 9.90 Å². The first-order valence-corrected chi connectivity index (χ1v) is 4.59. The maximum Gasteiger partial charge on any atom is 0.220 e. The Bertz CT molecular complexity index is 134. The van der Waals surface area contributed by atoms with Crippen LogP contribution in [0.3, 0.4) is 0 Å². The van der Waals surface area contributed by atoms with Crippen LogP contribution in [0, 0.1) is 0 Å².